The average molecular weight is 361 g/mol. The summed E-state index contributed by atoms with van der Waals surface area (Å²) in [6, 6.07) is 13.9. The van der Waals surface area contributed by atoms with Crippen LogP contribution < -0.4 is 9.58 Å². The van der Waals surface area contributed by atoms with Gasteiger partial charge in [-0.2, -0.15) is 5.10 Å². The monoisotopic (exact) mass is 361 g/mol. The Labute approximate surface area is 149 Å². The predicted octanol–water partition coefficient (Wildman–Crippen LogP) is 2.16. The summed E-state index contributed by atoms with van der Waals surface area (Å²) in [6.45, 7) is 2.63. The molecule has 0 amide bonds. The Morgan fingerprint density at radius 2 is 1.76 bits per heavy atom. The van der Waals surface area contributed by atoms with E-state index >= 15 is 0 Å². The Kier molecular flexibility index (Phi) is 6.66. The van der Waals surface area contributed by atoms with Crippen molar-refractivity contribution in [2.75, 3.05) is 17.8 Å². The number of aryl methyl sites for hydroxylation is 1. The molecule has 25 heavy (non-hydrogen) atoms. The van der Waals surface area contributed by atoms with Crippen molar-refractivity contribution in [2.24, 2.45) is 5.10 Å². The second-order valence-electron chi connectivity index (χ2n) is 5.84. The molecule has 1 aromatic carbocycles. The Morgan fingerprint density at radius 1 is 1.12 bits per heavy atom. The number of aromatic nitrogens is 1. The lowest BCUT2D eigenvalue weighted by Gasteiger charge is -2.14. The maximum absolute atomic E-state index is 10.6. The van der Waals surface area contributed by atoms with Gasteiger partial charge in [-0.05, 0) is 25.5 Å². The molecule has 2 rings (SSSR count). The van der Waals surface area contributed by atoms with Gasteiger partial charge >= 0.3 is 0 Å². The lowest BCUT2D eigenvalue weighted by atomic mass is 10.2. The smallest absolute Gasteiger partial charge is 0.169 e. The number of benzene rings is 1. The van der Waals surface area contributed by atoms with Crippen molar-refractivity contribution in [1.29, 1.82) is 0 Å². The van der Waals surface area contributed by atoms with Crippen LogP contribution in [0.4, 0.5) is 5.69 Å². The largest absolute Gasteiger partial charge is 0.748 e. The highest BCUT2D eigenvalue weighted by Gasteiger charge is 2.06. The number of pyridine rings is 1. The molecule has 0 bridgehead atoms. The molecule has 0 N–H and O–H groups in total. The zero-order chi connectivity index (χ0) is 18.3. The number of nitrogens with zero attached hydrogens (tertiary/aromatic N) is 3. The quantitative estimate of drug-likeness (QED) is 0.237. The zero-order valence-electron chi connectivity index (χ0n) is 14.5. The fourth-order valence-corrected chi connectivity index (χ4v) is 2.96. The molecule has 0 spiro atoms. The van der Waals surface area contributed by atoms with Crippen LogP contribution in [0.5, 0.6) is 0 Å². The van der Waals surface area contributed by atoms with Gasteiger partial charge in [0, 0.05) is 36.9 Å². The van der Waals surface area contributed by atoms with Crippen LogP contribution in [0.1, 0.15) is 25.3 Å². The minimum absolute atomic E-state index is 0.302. The second kappa shape index (κ2) is 8.73. The van der Waals surface area contributed by atoms with Crippen LogP contribution in [0.3, 0.4) is 0 Å². The third kappa shape index (κ3) is 6.64. The zero-order valence-corrected chi connectivity index (χ0v) is 15.3. The molecule has 1 aromatic heterocycles. The lowest BCUT2D eigenvalue weighted by Crippen LogP contribution is -2.33. The van der Waals surface area contributed by atoms with Crippen LogP contribution in [0.15, 0.2) is 60.0 Å². The van der Waals surface area contributed by atoms with E-state index in [1.54, 1.807) is 0 Å². The third-order valence-electron chi connectivity index (χ3n) is 3.80. The van der Waals surface area contributed by atoms with Gasteiger partial charge < -0.3 is 4.55 Å². The SMILES string of the molecule is C/C(=N/N(C)c1ccccc1)c1cc[n+](CCCCS(=O)(=O)[O-])cc1. The Bertz CT molecular complexity index is 803. The normalized spacial score (nSPS) is 12.2. The molecule has 0 unspecified atom stereocenters. The van der Waals surface area contributed by atoms with Crippen LogP contribution in [0.2, 0.25) is 0 Å². The van der Waals surface area contributed by atoms with Crippen LogP contribution in [-0.2, 0) is 16.7 Å². The summed E-state index contributed by atoms with van der Waals surface area (Å²) in [4.78, 5) is 0. The number of para-hydroxylation sites is 1. The first-order valence-electron chi connectivity index (χ1n) is 8.12. The van der Waals surface area contributed by atoms with Crippen molar-refractivity contribution in [3.8, 4) is 0 Å². The van der Waals surface area contributed by atoms with Crippen LogP contribution in [-0.4, -0.2) is 31.5 Å². The van der Waals surface area contributed by atoms with Gasteiger partial charge in [0.15, 0.2) is 12.4 Å². The van der Waals surface area contributed by atoms with Crippen molar-refractivity contribution in [3.63, 3.8) is 0 Å². The molecule has 0 atom stereocenters. The highest BCUT2D eigenvalue weighted by molar-refractivity contribution is 7.85. The molecule has 0 aliphatic carbocycles. The summed E-state index contributed by atoms with van der Waals surface area (Å²) in [5.41, 5.74) is 2.93. The second-order valence-corrected chi connectivity index (χ2v) is 7.36. The lowest BCUT2D eigenvalue weighted by molar-refractivity contribution is -0.697. The highest BCUT2D eigenvalue weighted by Crippen LogP contribution is 2.12. The molecule has 0 radical (unpaired) electrons. The number of rotatable bonds is 8. The van der Waals surface area contributed by atoms with Crippen molar-refractivity contribution in [3.05, 3.63) is 60.4 Å². The van der Waals surface area contributed by atoms with Gasteiger partial charge in [0.2, 0.25) is 0 Å². The molecule has 1 heterocycles. The molecular weight excluding hydrogens is 338 g/mol. The van der Waals surface area contributed by atoms with E-state index in [1.807, 2.05) is 78.4 Å². The summed E-state index contributed by atoms with van der Waals surface area (Å²) < 4.78 is 33.7. The van der Waals surface area contributed by atoms with Gasteiger partial charge in [0.1, 0.15) is 6.54 Å². The van der Waals surface area contributed by atoms with E-state index in [2.05, 4.69) is 5.10 Å². The Morgan fingerprint density at radius 3 is 2.36 bits per heavy atom. The minimum Gasteiger partial charge on any atom is -0.748 e. The first-order valence-corrected chi connectivity index (χ1v) is 9.70. The summed E-state index contributed by atoms with van der Waals surface area (Å²) >= 11 is 0. The predicted molar refractivity (Wildman–Crippen MR) is 97.5 cm³/mol. The maximum Gasteiger partial charge on any atom is 0.169 e. The summed E-state index contributed by atoms with van der Waals surface area (Å²) in [6.07, 6.45) is 4.89. The molecule has 0 fully saturated rings. The van der Waals surface area contributed by atoms with Crippen LogP contribution in [0.25, 0.3) is 0 Å². The fourth-order valence-electron chi connectivity index (χ4n) is 2.41. The molecule has 0 saturated carbocycles. The van der Waals surface area contributed by atoms with Crippen molar-refractivity contribution >= 4 is 21.5 Å². The topological polar surface area (TPSA) is 76.7 Å². The van der Waals surface area contributed by atoms with Crippen molar-refractivity contribution in [1.82, 2.24) is 0 Å². The van der Waals surface area contributed by atoms with E-state index in [0.29, 0.717) is 19.4 Å². The van der Waals surface area contributed by atoms with Crippen molar-refractivity contribution < 1.29 is 17.5 Å². The van der Waals surface area contributed by atoms with Gasteiger partial charge in [0.25, 0.3) is 0 Å². The number of hydrogen-bond acceptors (Lipinski definition) is 5. The molecule has 0 aliphatic rings. The molecule has 0 saturated heterocycles. The standard InChI is InChI=1S/C18H23N3O3S/c1-16(19-20(2)18-8-4-3-5-9-18)17-10-13-21(14-11-17)12-6-7-15-25(22,23)24/h3-5,8-11,13-14H,6-7,12,15H2,1-2H3. The van der Waals surface area contributed by atoms with Crippen molar-refractivity contribution in [2.45, 2.75) is 26.3 Å². The molecule has 134 valence electrons. The van der Waals surface area contributed by atoms with E-state index in [1.165, 1.54) is 0 Å². The summed E-state index contributed by atoms with van der Waals surface area (Å²) in [7, 11) is -2.20. The molecule has 0 aliphatic heterocycles. The number of unbranched alkanes of at least 4 members (excludes halogenated alkanes) is 1. The highest BCUT2D eigenvalue weighted by atomic mass is 32.2. The van der Waals surface area contributed by atoms with Crippen LogP contribution in [0, 0.1) is 0 Å². The summed E-state index contributed by atoms with van der Waals surface area (Å²) in [5.74, 6) is -0.302. The number of hydrazone groups is 1. The molecular formula is C18H23N3O3S. The third-order valence-corrected chi connectivity index (χ3v) is 4.59. The van der Waals surface area contributed by atoms with E-state index in [0.717, 1.165) is 17.0 Å². The minimum atomic E-state index is -4.11. The van der Waals surface area contributed by atoms with Crippen LogP contribution >= 0.6 is 0 Å². The molecule has 6 nitrogen and oxygen atoms in total. The number of anilines is 1. The first kappa shape index (κ1) is 19.1. The van der Waals surface area contributed by atoms with E-state index in [9.17, 15) is 13.0 Å². The number of hydrogen-bond donors (Lipinski definition) is 0. The molecule has 7 heteroatoms. The van der Waals surface area contributed by atoms with E-state index < -0.39 is 10.1 Å². The maximum atomic E-state index is 10.6. The van der Waals surface area contributed by atoms with E-state index in [-0.39, 0.29) is 5.75 Å². The summed E-state index contributed by atoms with van der Waals surface area (Å²) in [5, 5.41) is 6.42. The van der Waals surface area contributed by atoms with Gasteiger partial charge in [-0.15, -0.1) is 0 Å². The van der Waals surface area contributed by atoms with Gasteiger partial charge in [-0.25, -0.2) is 13.0 Å². The van der Waals surface area contributed by atoms with E-state index in [4.69, 9.17) is 0 Å². The Balaban J connectivity index is 1.93. The fraction of sp³-hybridized carbons (Fsp3) is 0.333. The first-order chi connectivity index (χ1) is 11.8. The molecule has 2 aromatic rings. The van der Waals surface area contributed by atoms with Gasteiger partial charge in [-0.3, -0.25) is 5.01 Å². The Hall–Kier alpha value is -2.25. The average Bonchev–Trinajstić information content (AvgIpc) is 2.59. The van der Waals surface area contributed by atoms with Gasteiger partial charge in [0.05, 0.1) is 21.5 Å². The van der Waals surface area contributed by atoms with Gasteiger partial charge in [-0.1, -0.05) is 18.2 Å².